The minimum absolute atomic E-state index is 0.117. The van der Waals surface area contributed by atoms with Crippen LogP contribution >= 0.6 is 22.9 Å². The smallest absolute Gasteiger partial charge is 0.210 e. The summed E-state index contributed by atoms with van der Waals surface area (Å²) < 4.78 is 0. The van der Waals surface area contributed by atoms with Gasteiger partial charge in [-0.15, -0.1) is 10.2 Å². The Balaban J connectivity index is 1.32. The Morgan fingerprint density at radius 3 is 2.55 bits per heavy atom. The van der Waals surface area contributed by atoms with Gasteiger partial charge in [0.25, 0.3) is 0 Å². The number of hydrogen-bond acceptors (Lipinski definition) is 7. The minimum atomic E-state index is -0.117. The van der Waals surface area contributed by atoms with Crippen molar-refractivity contribution in [2.75, 3.05) is 36.4 Å². The van der Waals surface area contributed by atoms with Crippen LogP contribution in [0.25, 0.3) is 10.6 Å². The van der Waals surface area contributed by atoms with E-state index in [1.165, 1.54) is 16.9 Å². The van der Waals surface area contributed by atoms with Crippen LogP contribution in [0.3, 0.4) is 0 Å². The number of fused-ring (bicyclic) bond motifs is 2. The van der Waals surface area contributed by atoms with E-state index >= 15 is 0 Å². The van der Waals surface area contributed by atoms with E-state index in [-0.39, 0.29) is 16.6 Å². The molecule has 0 saturated carbocycles. The summed E-state index contributed by atoms with van der Waals surface area (Å²) in [5.74, 6) is 0.265. The molecule has 1 spiro atoms. The first-order chi connectivity index (χ1) is 19.1. The zero-order valence-electron chi connectivity index (χ0n) is 23.5. The molecule has 0 radical (unpaired) electrons. The first-order valence-corrected chi connectivity index (χ1v) is 15.1. The number of nitrogens with one attached hydrogen (secondary N) is 1. The maximum Gasteiger partial charge on any atom is 0.210 e. The summed E-state index contributed by atoms with van der Waals surface area (Å²) in [6, 6.07) is 20.1. The number of aryl methyl sites for hydroxylation is 1. The van der Waals surface area contributed by atoms with Crippen molar-refractivity contribution in [3.05, 3.63) is 76.8 Å². The lowest BCUT2D eigenvalue weighted by atomic mass is 9.74. The van der Waals surface area contributed by atoms with Crippen LogP contribution in [0.4, 0.5) is 22.2 Å². The molecule has 1 saturated heterocycles. The van der Waals surface area contributed by atoms with Gasteiger partial charge in [-0.2, -0.15) is 0 Å². The van der Waals surface area contributed by atoms with Crippen molar-refractivity contribution < 1.29 is 5.11 Å². The molecule has 6 rings (SSSR count). The Morgan fingerprint density at radius 1 is 1.02 bits per heavy atom. The van der Waals surface area contributed by atoms with Crippen LogP contribution in [0.5, 0.6) is 5.75 Å². The summed E-state index contributed by atoms with van der Waals surface area (Å²) in [6.07, 6.45) is 2.00. The fourth-order valence-electron chi connectivity index (χ4n) is 6.32. The number of anilines is 4. The molecule has 2 N–H and O–H groups in total. The molecule has 40 heavy (non-hydrogen) atoms. The number of phenols is 1. The maximum absolute atomic E-state index is 11.2. The van der Waals surface area contributed by atoms with Crippen LogP contribution < -0.4 is 10.2 Å². The van der Waals surface area contributed by atoms with Crippen molar-refractivity contribution in [3.63, 3.8) is 0 Å². The predicted octanol–water partition coefficient (Wildman–Crippen LogP) is 8.15. The fourth-order valence-corrected chi connectivity index (χ4v) is 7.42. The van der Waals surface area contributed by atoms with Crippen LogP contribution in [0.1, 0.15) is 44.7 Å². The van der Waals surface area contributed by atoms with Crippen molar-refractivity contribution in [2.45, 2.75) is 46.0 Å². The molecule has 1 aromatic heterocycles. The normalized spacial score (nSPS) is 16.9. The molecule has 0 unspecified atom stereocenters. The Labute approximate surface area is 245 Å². The van der Waals surface area contributed by atoms with Gasteiger partial charge >= 0.3 is 0 Å². The van der Waals surface area contributed by atoms with E-state index in [9.17, 15) is 5.11 Å². The van der Waals surface area contributed by atoms with Gasteiger partial charge in [0, 0.05) is 34.7 Å². The second-order valence-corrected chi connectivity index (χ2v) is 13.8. The van der Waals surface area contributed by atoms with E-state index in [4.69, 9.17) is 11.6 Å². The average molecular weight is 574 g/mol. The van der Waals surface area contributed by atoms with Gasteiger partial charge in [-0.3, -0.25) is 0 Å². The number of para-hydroxylation sites is 2. The monoisotopic (exact) mass is 573 g/mol. The third-order valence-electron chi connectivity index (χ3n) is 8.00. The summed E-state index contributed by atoms with van der Waals surface area (Å²) >= 11 is 8.45. The summed E-state index contributed by atoms with van der Waals surface area (Å²) in [4.78, 5) is 4.82. The highest BCUT2D eigenvalue weighted by molar-refractivity contribution is 7.18. The maximum atomic E-state index is 11.2. The zero-order valence-corrected chi connectivity index (χ0v) is 25.1. The topological polar surface area (TPSA) is 64.5 Å². The van der Waals surface area contributed by atoms with Crippen molar-refractivity contribution in [1.29, 1.82) is 0 Å². The summed E-state index contributed by atoms with van der Waals surface area (Å²) in [6.45, 7) is 12.8. The lowest BCUT2D eigenvalue weighted by Gasteiger charge is -2.42. The molecular formula is C32H36ClN5OS. The number of aromatic hydroxyl groups is 1. The fraction of sp³-hybridized carbons (Fsp3) is 0.375. The van der Waals surface area contributed by atoms with E-state index < -0.39 is 0 Å². The Hall–Kier alpha value is -3.13. The lowest BCUT2D eigenvalue weighted by Crippen LogP contribution is -2.46. The highest BCUT2D eigenvalue weighted by Crippen LogP contribution is 2.56. The Bertz CT molecular complexity index is 1540. The second-order valence-electron chi connectivity index (χ2n) is 12.4. The van der Waals surface area contributed by atoms with Crippen molar-refractivity contribution in [3.8, 4) is 16.3 Å². The second kappa shape index (κ2) is 10.4. The molecule has 0 bridgehead atoms. The number of likely N-dealkylation sites (tertiary alicyclic amines) is 1. The number of nitrogens with zero attached hydrogens (tertiary/aromatic N) is 4. The molecule has 208 valence electrons. The van der Waals surface area contributed by atoms with Gasteiger partial charge in [0.15, 0.2) is 0 Å². The first kappa shape index (κ1) is 27.1. The molecule has 1 fully saturated rings. The summed E-state index contributed by atoms with van der Waals surface area (Å²) in [5.41, 5.74) is 6.20. The molecule has 3 aromatic carbocycles. The van der Waals surface area contributed by atoms with Gasteiger partial charge in [-0.05, 0) is 68.6 Å². The SMILES string of the molecule is Cc1cccc(-c2nnc(Nc3ccccc3N3CC4(CCN(CC(C)(C)C)CC4)c4c(Cl)ccc(O)c43)s2)c1. The molecule has 0 atom stereocenters. The molecule has 2 aliphatic rings. The van der Waals surface area contributed by atoms with E-state index in [2.05, 4.69) is 83.3 Å². The molecule has 4 aromatic rings. The molecule has 8 heteroatoms. The standard InChI is InChI=1S/C32H36ClN5OS/c1-21-8-7-9-22(18-21)29-35-36-30(40-29)34-24-10-5-6-11-25(24)38-20-32(27-23(33)12-13-26(39)28(27)38)14-16-37(17-15-32)19-31(2,3)4/h5-13,18,39H,14-17,19-20H2,1-4H3,(H,34,36). The van der Waals surface area contributed by atoms with Gasteiger partial charge in [-0.1, -0.05) is 79.6 Å². The molecule has 3 heterocycles. The Kier molecular flexibility index (Phi) is 7.01. The number of piperidine rings is 1. The number of benzene rings is 3. The quantitative estimate of drug-likeness (QED) is 0.251. The number of rotatable bonds is 5. The van der Waals surface area contributed by atoms with Crippen LogP contribution in [0.15, 0.2) is 60.7 Å². The summed E-state index contributed by atoms with van der Waals surface area (Å²) in [7, 11) is 0. The van der Waals surface area contributed by atoms with Gasteiger partial charge in [-0.25, -0.2) is 0 Å². The zero-order chi connectivity index (χ0) is 28.1. The third-order valence-corrected chi connectivity index (χ3v) is 9.21. The van der Waals surface area contributed by atoms with Crippen molar-refractivity contribution >= 4 is 45.1 Å². The van der Waals surface area contributed by atoms with Crippen LogP contribution in [-0.2, 0) is 5.41 Å². The Morgan fingerprint density at radius 2 is 1.80 bits per heavy atom. The van der Waals surface area contributed by atoms with Crippen LogP contribution in [-0.4, -0.2) is 46.4 Å². The van der Waals surface area contributed by atoms with Crippen LogP contribution in [0, 0.1) is 12.3 Å². The van der Waals surface area contributed by atoms with Crippen molar-refractivity contribution in [1.82, 2.24) is 15.1 Å². The van der Waals surface area contributed by atoms with Crippen molar-refractivity contribution in [2.24, 2.45) is 5.41 Å². The largest absolute Gasteiger partial charge is 0.506 e. The third kappa shape index (κ3) is 5.18. The summed E-state index contributed by atoms with van der Waals surface area (Å²) in [5, 5.41) is 25.9. The van der Waals surface area contributed by atoms with E-state index in [1.807, 2.05) is 24.3 Å². The first-order valence-electron chi connectivity index (χ1n) is 13.9. The molecule has 0 amide bonds. The highest BCUT2D eigenvalue weighted by atomic mass is 35.5. The van der Waals surface area contributed by atoms with Gasteiger partial charge < -0.3 is 20.2 Å². The van der Waals surface area contributed by atoms with E-state index in [0.717, 1.165) is 82.4 Å². The predicted molar refractivity (Wildman–Crippen MR) is 167 cm³/mol. The van der Waals surface area contributed by atoms with Gasteiger partial charge in [0.1, 0.15) is 10.8 Å². The highest BCUT2D eigenvalue weighted by Gasteiger charge is 2.48. The number of aromatic nitrogens is 2. The molecule has 2 aliphatic heterocycles. The minimum Gasteiger partial charge on any atom is -0.506 e. The average Bonchev–Trinajstić information content (AvgIpc) is 3.51. The van der Waals surface area contributed by atoms with E-state index in [0.29, 0.717) is 0 Å². The number of halogens is 1. The van der Waals surface area contributed by atoms with E-state index in [1.54, 1.807) is 6.07 Å². The molecule has 0 aliphatic carbocycles. The lowest BCUT2D eigenvalue weighted by molar-refractivity contribution is 0.125. The molecule has 6 nitrogen and oxygen atoms in total. The number of phenolic OH excluding ortho intramolecular Hbond substituents is 1. The number of hydrogen-bond donors (Lipinski definition) is 2. The van der Waals surface area contributed by atoms with Gasteiger partial charge in [0.05, 0.1) is 17.1 Å². The van der Waals surface area contributed by atoms with Gasteiger partial charge in [0.2, 0.25) is 5.13 Å². The van der Waals surface area contributed by atoms with Crippen LogP contribution in [0.2, 0.25) is 5.02 Å². The molecular weight excluding hydrogens is 538 g/mol.